The lowest BCUT2D eigenvalue weighted by Gasteiger charge is -2.35. The van der Waals surface area contributed by atoms with Crippen molar-refractivity contribution in [2.75, 3.05) is 5.88 Å². The van der Waals surface area contributed by atoms with Gasteiger partial charge in [-0.25, -0.2) is 0 Å². The third-order valence-corrected chi connectivity index (χ3v) is 4.69. The van der Waals surface area contributed by atoms with E-state index in [9.17, 15) is 0 Å². The number of rotatable bonds is 1. The molecule has 2 aliphatic rings. The quantitative estimate of drug-likeness (QED) is 0.395. The number of hydrogen-bond acceptors (Lipinski definition) is 2. The Balaban J connectivity index is 2.43. The van der Waals surface area contributed by atoms with Gasteiger partial charge in [0.2, 0.25) is 0 Å². The predicted octanol–water partition coefficient (Wildman–Crippen LogP) is 2.88. The molecule has 1 N–H and O–H groups in total. The third-order valence-electron chi connectivity index (χ3n) is 4.13. The lowest BCUT2D eigenvalue weighted by atomic mass is 9.71. The summed E-state index contributed by atoms with van der Waals surface area (Å²) in [6.45, 7) is 4.32. The van der Waals surface area contributed by atoms with Gasteiger partial charge in [-0.05, 0) is 25.2 Å². The smallest absolute Gasteiger partial charge is 0.0703 e. The highest BCUT2D eigenvalue weighted by molar-refractivity contribution is 6.21. The van der Waals surface area contributed by atoms with Gasteiger partial charge in [-0.15, -0.1) is 11.6 Å². The summed E-state index contributed by atoms with van der Waals surface area (Å²) >= 11 is 5.99. The highest BCUT2D eigenvalue weighted by atomic mass is 35.5. The molecule has 0 radical (unpaired) electrons. The maximum atomic E-state index is 9.05. The lowest BCUT2D eigenvalue weighted by molar-refractivity contribution is 0.281. The summed E-state index contributed by atoms with van der Waals surface area (Å²) in [5, 5.41) is 12.5. The average Bonchev–Trinajstić information content (AvgIpc) is 2.57. The van der Waals surface area contributed by atoms with Crippen LogP contribution in [-0.4, -0.2) is 16.8 Å². The van der Waals surface area contributed by atoms with Crippen molar-refractivity contribution in [3.05, 3.63) is 0 Å². The highest BCUT2D eigenvalue weighted by Crippen LogP contribution is 2.60. The predicted molar refractivity (Wildman–Crippen MR) is 53.5 cm³/mol. The fraction of sp³-hybridized carbons (Fsp3) is 0.900. The molecule has 0 aromatic heterocycles. The normalized spacial score (nSPS) is 51.9. The average molecular weight is 202 g/mol. The Kier molecular flexibility index (Phi) is 1.88. The molecule has 2 nitrogen and oxygen atoms in total. The van der Waals surface area contributed by atoms with Crippen LogP contribution >= 0.6 is 11.6 Å². The van der Waals surface area contributed by atoms with E-state index in [1.54, 1.807) is 0 Å². The van der Waals surface area contributed by atoms with Crippen molar-refractivity contribution in [2.45, 2.75) is 33.1 Å². The van der Waals surface area contributed by atoms with Gasteiger partial charge in [-0.1, -0.05) is 19.0 Å². The van der Waals surface area contributed by atoms with Gasteiger partial charge >= 0.3 is 0 Å². The number of fused-ring (bicyclic) bond motifs is 2. The van der Waals surface area contributed by atoms with E-state index in [2.05, 4.69) is 19.0 Å². The van der Waals surface area contributed by atoms with E-state index in [0.29, 0.717) is 11.8 Å². The first-order valence-corrected chi connectivity index (χ1v) is 5.39. The zero-order valence-electron chi connectivity index (χ0n) is 8.18. The number of hydrogen-bond donors (Lipinski definition) is 1. The topological polar surface area (TPSA) is 32.6 Å². The summed E-state index contributed by atoms with van der Waals surface area (Å²) in [6, 6.07) is 0. The SMILES string of the molecule is C[C@@]12CC[C@@H](C1)[C@@](C)(CCl)/C2=N\O. The highest BCUT2D eigenvalue weighted by Gasteiger charge is 2.59. The molecule has 0 unspecified atom stereocenters. The van der Waals surface area contributed by atoms with Crippen molar-refractivity contribution in [3.63, 3.8) is 0 Å². The molecule has 2 aliphatic carbocycles. The standard InChI is InChI=1S/C10H16ClNO/c1-9-4-3-7(5-9)10(2,6-11)8(9)12-13/h7,13H,3-6H2,1-2H3/b12-8-/t7-,9+,10+/m0/s1. The third kappa shape index (κ3) is 0.983. The summed E-state index contributed by atoms with van der Waals surface area (Å²) in [5.74, 6) is 1.20. The summed E-state index contributed by atoms with van der Waals surface area (Å²) < 4.78 is 0. The Morgan fingerprint density at radius 3 is 2.77 bits per heavy atom. The molecule has 13 heavy (non-hydrogen) atoms. The molecule has 0 amide bonds. The van der Waals surface area contributed by atoms with Crippen LogP contribution in [0.3, 0.4) is 0 Å². The van der Waals surface area contributed by atoms with Gasteiger partial charge in [-0.3, -0.25) is 0 Å². The first kappa shape index (κ1) is 9.32. The van der Waals surface area contributed by atoms with Crippen molar-refractivity contribution in [3.8, 4) is 0 Å². The van der Waals surface area contributed by atoms with Gasteiger partial charge in [0.25, 0.3) is 0 Å². The van der Waals surface area contributed by atoms with E-state index in [-0.39, 0.29) is 10.8 Å². The second kappa shape index (κ2) is 2.63. The Morgan fingerprint density at radius 2 is 2.31 bits per heavy atom. The van der Waals surface area contributed by atoms with Gasteiger partial charge in [0.05, 0.1) is 5.71 Å². The first-order valence-electron chi connectivity index (χ1n) is 4.86. The molecule has 3 heteroatoms. The lowest BCUT2D eigenvalue weighted by Crippen LogP contribution is -2.39. The largest absolute Gasteiger partial charge is 0.411 e. The number of oxime groups is 1. The Labute approximate surface area is 84.0 Å². The van der Waals surface area contributed by atoms with E-state index < -0.39 is 0 Å². The van der Waals surface area contributed by atoms with Gasteiger partial charge in [0.1, 0.15) is 0 Å². The monoisotopic (exact) mass is 201 g/mol. The molecule has 0 saturated heterocycles. The fourth-order valence-electron chi connectivity index (χ4n) is 3.29. The molecule has 74 valence electrons. The van der Waals surface area contributed by atoms with Crippen molar-refractivity contribution in [1.29, 1.82) is 0 Å². The van der Waals surface area contributed by atoms with Crippen LogP contribution in [0.1, 0.15) is 33.1 Å². The van der Waals surface area contributed by atoms with Crippen molar-refractivity contribution in [1.82, 2.24) is 0 Å². The summed E-state index contributed by atoms with van der Waals surface area (Å²) in [6.07, 6.45) is 3.54. The molecular formula is C10H16ClNO. The van der Waals surface area contributed by atoms with Gasteiger partial charge < -0.3 is 5.21 Å². The molecule has 2 fully saturated rings. The van der Waals surface area contributed by atoms with Crippen LogP contribution in [0.15, 0.2) is 5.16 Å². The van der Waals surface area contributed by atoms with E-state index >= 15 is 0 Å². The van der Waals surface area contributed by atoms with E-state index in [4.69, 9.17) is 16.8 Å². The van der Waals surface area contributed by atoms with Crippen LogP contribution < -0.4 is 0 Å². The minimum atomic E-state index is -0.0523. The van der Waals surface area contributed by atoms with Crippen LogP contribution in [0.5, 0.6) is 0 Å². The zero-order chi connectivity index (χ0) is 9.69. The first-order chi connectivity index (χ1) is 6.07. The van der Waals surface area contributed by atoms with Gasteiger partial charge in [0, 0.05) is 16.7 Å². The molecule has 0 aromatic rings. The van der Waals surface area contributed by atoms with Crippen LogP contribution in [0, 0.1) is 16.7 Å². The minimum absolute atomic E-state index is 0.0523. The summed E-state index contributed by atoms with van der Waals surface area (Å²) in [5.41, 5.74) is 1.01. The molecule has 2 bridgehead atoms. The second-order valence-corrected chi connectivity index (χ2v) is 5.27. The van der Waals surface area contributed by atoms with Crippen molar-refractivity contribution < 1.29 is 5.21 Å². The second-order valence-electron chi connectivity index (χ2n) is 5.00. The number of halogens is 1. The van der Waals surface area contributed by atoms with Crippen LogP contribution in [0.4, 0.5) is 0 Å². The zero-order valence-corrected chi connectivity index (χ0v) is 8.93. The molecule has 3 atom stereocenters. The molecule has 0 spiro atoms. The molecular weight excluding hydrogens is 186 g/mol. The number of alkyl halides is 1. The molecule has 2 saturated carbocycles. The van der Waals surface area contributed by atoms with Crippen LogP contribution in [0.2, 0.25) is 0 Å². The molecule has 0 heterocycles. The Bertz CT molecular complexity index is 266. The van der Waals surface area contributed by atoms with Crippen molar-refractivity contribution in [2.24, 2.45) is 21.9 Å². The van der Waals surface area contributed by atoms with Gasteiger partial charge in [-0.2, -0.15) is 0 Å². The Morgan fingerprint density at radius 1 is 1.62 bits per heavy atom. The minimum Gasteiger partial charge on any atom is -0.411 e. The maximum Gasteiger partial charge on any atom is 0.0703 e. The molecule has 0 aliphatic heterocycles. The van der Waals surface area contributed by atoms with E-state index in [1.165, 1.54) is 6.42 Å². The van der Waals surface area contributed by atoms with Crippen LogP contribution in [0.25, 0.3) is 0 Å². The van der Waals surface area contributed by atoms with E-state index in [0.717, 1.165) is 18.6 Å². The summed E-state index contributed by atoms with van der Waals surface area (Å²) in [4.78, 5) is 0. The molecule has 2 rings (SSSR count). The summed E-state index contributed by atoms with van der Waals surface area (Å²) in [7, 11) is 0. The fourth-order valence-corrected chi connectivity index (χ4v) is 3.63. The van der Waals surface area contributed by atoms with Crippen LogP contribution in [-0.2, 0) is 0 Å². The van der Waals surface area contributed by atoms with E-state index in [1.807, 2.05) is 0 Å². The number of nitrogens with zero attached hydrogens (tertiary/aromatic N) is 1. The molecule has 0 aromatic carbocycles. The van der Waals surface area contributed by atoms with Crippen molar-refractivity contribution >= 4 is 17.3 Å². The van der Waals surface area contributed by atoms with Gasteiger partial charge in [0.15, 0.2) is 0 Å². The Hall–Kier alpha value is -0.240. The maximum absolute atomic E-state index is 9.05.